The maximum absolute atomic E-state index is 12.9. The van der Waals surface area contributed by atoms with E-state index < -0.39 is 0 Å². The van der Waals surface area contributed by atoms with Gasteiger partial charge in [-0.3, -0.25) is 4.68 Å². The summed E-state index contributed by atoms with van der Waals surface area (Å²) in [6.45, 7) is 3.03. The van der Waals surface area contributed by atoms with Crippen molar-refractivity contribution >= 4 is 15.9 Å². The second-order valence-electron chi connectivity index (χ2n) is 5.22. The van der Waals surface area contributed by atoms with Crippen LogP contribution in [0.2, 0.25) is 0 Å². The van der Waals surface area contributed by atoms with Crippen LogP contribution in [0, 0.1) is 12.7 Å². The molecule has 0 saturated heterocycles. The fourth-order valence-corrected chi connectivity index (χ4v) is 2.59. The van der Waals surface area contributed by atoms with Gasteiger partial charge in [0.1, 0.15) is 17.0 Å². The molecule has 1 aromatic carbocycles. The minimum atomic E-state index is -0.239. The first-order valence-electron chi connectivity index (χ1n) is 7.11. The highest BCUT2D eigenvalue weighted by Gasteiger charge is 2.04. The smallest absolute Gasteiger partial charge is 0.157 e. The summed E-state index contributed by atoms with van der Waals surface area (Å²) < 4.78 is 21.2. The molecule has 0 atom stereocenters. The van der Waals surface area contributed by atoms with Crippen LogP contribution in [0.15, 0.2) is 53.5 Å². The Morgan fingerprint density at radius 1 is 1.22 bits per heavy atom. The van der Waals surface area contributed by atoms with Gasteiger partial charge < -0.3 is 4.74 Å². The van der Waals surface area contributed by atoms with Gasteiger partial charge in [0.2, 0.25) is 0 Å². The van der Waals surface area contributed by atoms with Gasteiger partial charge in [-0.2, -0.15) is 5.10 Å². The minimum Gasteiger partial charge on any atom is -0.486 e. The molecule has 0 unspecified atom stereocenters. The molecule has 118 valence electrons. The molecule has 0 radical (unpaired) electrons. The first kappa shape index (κ1) is 15.7. The van der Waals surface area contributed by atoms with Crippen molar-refractivity contribution in [1.29, 1.82) is 0 Å². The van der Waals surface area contributed by atoms with Gasteiger partial charge in [0.05, 0.1) is 18.9 Å². The van der Waals surface area contributed by atoms with Gasteiger partial charge in [-0.05, 0) is 52.2 Å². The number of benzene rings is 1. The van der Waals surface area contributed by atoms with Crippen LogP contribution in [0.25, 0.3) is 0 Å². The molecule has 0 spiro atoms. The van der Waals surface area contributed by atoms with Crippen molar-refractivity contribution in [3.8, 4) is 5.75 Å². The number of aromatic nitrogens is 3. The zero-order chi connectivity index (χ0) is 16.2. The average Bonchev–Trinajstić information content (AvgIpc) is 2.96. The van der Waals surface area contributed by atoms with Gasteiger partial charge in [0.25, 0.3) is 0 Å². The summed E-state index contributed by atoms with van der Waals surface area (Å²) in [5.41, 5.74) is 3.12. The average molecular weight is 376 g/mol. The lowest BCUT2D eigenvalue weighted by Crippen LogP contribution is -2.00. The zero-order valence-corrected chi connectivity index (χ0v) is 14.1. The number of halogens is 2. The van der Waals surface area contributed by atoms with Crippen LogP contribution in [0.3, 0.4) is 0 Å². The predicted octanol–water partition coefficient (Wildman–Crippen LogP) is 4.12. The monoisotopic (exact) mass is 375 g/mol. The molecule has 4 nitrogen and oxygen atoms in total. The first-order valence-corrected chi connectivity index (χ1v) is 7.90. The molecule has 3 aromatic rings. The van der Waals surface area contributed by atoms with Gasteiger partial charge in [0, 0.05) is 11.8 Å². The second-order valence-corrected chi connectivity index (χ2v) is 6.03. The van der Waals surface area contributed by atoms with Gasteiger partial charge in [-0.25, -0.2) is 9.37 Å². The number of hydrogen-bond donors (Lipinski definition) is 0. The summed E-state index contributed by atoms with van der Waals surface area (Å²) in [5.74, 6) is 0.450. The number of rotatable bonds is 5. The Hall–Kier alpha value is -2.21. The Balaban J connectivity index is 1.62. The molecule has 2 aromatic heterocycles. The van der Waals surface area contributed by atoms with Gasteiger partial charge in [0.15, 0.2) is 5.75 Å². The molecule has 0 N–H and O–H groups in total. The highest BCUT2D eigenvalue weighted by molar-refractivity contribution is 9.10. The molecule has 3 rings (SSSR count). The topological polar surface area (TPSA) is 39.9 Å². The summed E-state index contributed by atoms with van der Waals surface area (Å²) in [4.78, 5) is 4.21. The highest BCUT2D eigenvalue weighted by Crippen LogP contribution is 2.16. The molecular formula is C17H15BrFN3O. The molecule has 0 aliphatic heterocycles. The van der Waals surface area contributed by atoms with E-state index in [1.165, 1.54) is 12.1 Å². The van der Waals surface area contributed by atoms with E-state index in [-0.39, 0.29) is 5.82 Å². The quantitative estimate of drug-likeness (QED) is 0.629. The Labute approximate surface area is 142 Å². The van der Waals surface area contributed by atoms with E-state index in [2.05, 4.69) is 26.0 Å². The van der Waals surface area contributed by atoms with Gasteiger partial charge >= 0.3 is 0 Å². The van der Waals surface area contributed by atoms with E-state index in [4.69, 9.17) is 4.74 Å². The van der Waals surface area contributed by atoms with E-state index in [0.29, 0.717) is 18.9 Å². The van der Waals surface area contributed by atoms with Crippen molar-refractivity contribution in [3.63, 3.8) is 0 Å². The van der Waals surface area contributed by atoms with E-state index in [1.54, 1.807) is 29.2 Å². The molecule has 0 saturated carbocycles. The normalized spacial score (nSPS) is 10.7. The van der Waals surface area contributed by atoms with Crippen LogP contribution in [0.5, 0.6) is 5.75 Å². The fourth-order valence-electron chi connectivity index (χ4n) is 2.14. The lowest BCUT2D eigenvalue weighted by atomic mass is 10.2. The van der Waals surface area contributed by atoms with Crippen molar-refractivity contribution in [2.24, 2.45) is 0 Å². The van der Waals surface area contributed by atoms with E-state index in [9.17, 15) is 4.39 Å². The third-order valence-electron chi connectivity index (χ3n) is 3.45. The van der Waals surface area contributed by atoms with E-state index >= 15 is 0 Å². The van der Waals surface area contributed by atoms with Crippen LogP contribution in [-0.4, -0.2) is 14.8 Å². The van der Waals surface area contributed by atoms with Crippen LogP contribution in [0.1, 0.15) is 16.7 Å². The Morgan fingerprint density at radius 3 is 2.74 bits per heavy atom. The molecule has 23 heavy (non-hydrogen) atoms. The molecule has 2 heterocycles. The van der Waals surface area contributed by atoms with Crippen molar-refractivity contribution in [3.05, 3.63) is 76.0 Å². The summed E-state index contributed by atoms with van der Waals surface area (Å²) in [6.07, 6.45) is 5.29. The molecule has 0 bridgehead atoms. The Morgan fingerprint density at radius 2 is 2.00 bits per heavy atom. The van der Waals surface area contributed by atoms with Crippen molar-refractivity contribution in [2.75, 3.05) is 0 Å². The number of ether oxygens (including phenoxy) is 1. The standard InChI is InChI=1S/C17H15BrFN3O/c1-12-6-17(18)20-7-14(12)11-23-16-8-21-22(10-16)9-13-2-4-15(19)5-3-13/h2-8,10H,9,11H2,1H3. The second kappa shape index (κ2) is 6.91. The van der Waals surface area contributed by atoms with Crippen molar-refractivity contribution < 1.29 is 9.13 Å². The summed E-state index contributed by atoms with van der Waals surface area (Å²) in [7, 11) is 0. The highest BCUT2D eigenvalue weighted by atomic mass is 79.9. The third kappa shape index (κ3) is 4.16. The van der Waals surface area contributed by atoms with Crippen molar-refractivity contribution in [2.45, 2.75) is 20.1 Å². The van der Waals surface area contributed by atoms with Gasteiger partial charge in [-0.15, -0.1) is 0 Å². The molecule has 0 aliphatic carbocycles. The van der Waals surface area contributed by atoms with Crippen LogP contribution >= 0.6 is 15.9 Å². The van der Waals surface area contributed by atoms with E-state index in [0.717, 1.165) is 21.3 Å². The molecule has 0 amide bonds. The lowest BCUT2D eigenvalue weighted by Gasteiger charge is -2.06. The number of pyridine rings is 1. The van der Waals surface area contributed by atoms with Gasteiger partial charge in [-0.1, -0.05) is 12.1 Å². The number of aryl methyl sites for hydroxylation is 1. The Kier molecular flexibility index (Phi) is 4.71. The largest absolute Gasteiger partial charge is 0.486 e. The van der Waals surface area contributed by atoms with Crippen LogP contribution in [0.4, 0.5) is 4.39 Å². The molecular weight excluding hydrogens is 361 g/mol. The third-order valence-corrected chi connectivity index (χ3v) is 3.88. The first-order chi connectivity index (χ1) is 11.1. The molecule has 0 fully saturated rings. The zero-order valence-electron chi connectivity index (χ0n) is 12.5. The molecule has 6 heteroatoms. The van der Waals surface area contributed by atoms with E-state index in [1.807, 2.05) is 19.2 Å². The van der Waals surface area contributed by atoms with Crippen LogP contribution < -0.4 is 4.74 Å². The Bertz CT molecular complexity index is 802. The minimum absolute atomic E-state index is 0.239. The maximum atomic E-state index is 12.9. The lowest BCUT2D eigenvalue weighted by molar-refractivity contribution is 0.304. The summed E-state index contributed by atoms with van der Waals surface area (Å²) >= 11 is 3.34. The number of nitrogens with zero attached hydrogens (tertiary/aromatic N) is 3. The fraction of sp³-hybridized carbons (Fsp3) is 0.176. The van der Waals surface area contributed by atoms with Crippen molar-refractivity contribution in [1.82, 2.24) is 14.8 Å². The number of hydrogen-bond acceptors (Lipinski definition) is 3. The summed E-state index contributed by atoms with van der Waals surface area (Å²) in [5, 5.41) is 4.26. The molecule has 0 aliphatic rings. The maximum Gasteiger partial charge on any atom is 0.157 e. The predicted molar refractivity (Wildman–Crippen MR) is 88.7 cm³/mol. The SMILES string of the molecule is Cc1cc(Br)ncc1COc1cnn(Cc2ccc(F)cc2)c1. The summed E-state index contributed by atoms with van der Waals surface area (Å²) in [6, 6.07) is 8.33. The van der Waals surface area contributed by atoms with Crippen LogP contribution in [-0.2, 0) is 13.2 Å².